The van der Waals surface area contributed by atoms with Gasteiger partial charge in [0, 0.05) is 26.9 Å². The van der Waals surface area contributed by atoms with Crippen LogP contribution < -0.4 is 0 Å². The Balaban J connectivity index is 1.60. The topological polar surface area (TPSA) is 43.9 Å². The normalized spacial score (nSPS) is 12.2. The zero-order chi connectivity index (χ0) is 25.7. The molecule has 0 atom stereocenters. The van der Waals surface area contributed by atoms with Gasteiger partial charge in [0.2, 0.25) is 0 Å². The smallest absolute Gasteiger partial charge is 0.176 e. The molecule has 0 unspecified atom stereocenters. The van der Waals surface area contributed by atoms with Gasteiger partial charge in [0.25, 0.3) is 0 Å². The number of halogens is 1. The molecule has 0 aliphatic heterocycles. The molecular weight excluding hydrogens is 502 g/mol. The maximum Gasteiger partial charge on any atom is 0.176 e. The van der Waals surface area contributed by atoms with Gasteiger partial charge in [0.1, 0.15) is 5.58 Å². The van der Waals surface area contributed by atoms with Crippen LogP contribution in [0, 0.1) is 0 Å². The lowest BCUT2D eigenvalue weighted by atomic mass is 9.98. The number of para-hydroxylation sites is 3. The van der Waals surface area contributed by atoms with Crippen molar-refractivity contribution < 1.29 is 4.42 Å². The number of rotatable bonds is 1. The zero-order valence-electron chi connectivity index (χ0n) is 20.5. The Morgan fingerprint density at radius 2 is 1.18 bits per heavy atom. The SMILES string of the molecule is Clc1nc2ccccc2nc1-n1c2ccccc2c2c3ccccc3c3c4ccc5ccccc5c4oc3c21. The molecular formula is C34H18ClN3O. The van der Waals surface area contributed by atoms with Crippen LogP contribution in [-0.2, 0) is 0 Å². The molecule has 3 aromatic heterocycles. The van der Waals surface area contributed by atoms with E-state index in [0.29, 0.717) is 11.0 Å². The molecule has 0 fully saturated rings. The van der Waals surface area contributed by atoms with Crippen molar-refractivity contribution in [3.8, 4) is 5.82 Å². The summed E-state index contributed by atoms with van der Waals surface area (Å²) in [6, 6.07) is 37.5. The summed E-state index contributed by atoms with van der Waals surface area (Å²) >= 11 is 6.90. The molecule has 9 aromatic rings. The van der Waals surface area contributed by atoms with E-state index in [2.05, 4.69) is 83.4 Å². The summed E-state index contributed by atoms with van der Waals surface area (Å²) in [7, 11) is 0. The first kappa shape index (κ1) is 21.1. The van der Waals surface area contributed by atoms with E-state index >= 15 is 0 Å². The number of hydrogen-bond donors (Lipinski definition) is 0. The Labute approximate surface area is 226 Å². The van der Waals surface area contributed by atoms with Crippen LogP contribution in [0.1, 0.15) is 0 Å². The molecule has 0 N–H and O–H groups in total. The van der Waals surface area contributed by atoms with Crippen LogP contribution in [0.4, 0.5) is 0 Å². The minimum Gasteiger partial charge on any atom is -0.453 e. The number of furan rings is 1. The molecule has 0 aliphatic carbocycles. The second-order valence-electron chi connectivity index (χ2n) is 9.92. The molecule has 0 saturated carbocycles. The number of fused-ring (bicyclic) bond motifs is 13. The highest BCUT2D eigenvalue weighted by atomic mass is 35.5. The molecule has 0 spiro atoms. The zero-order valence-corrected chi connectivity index (χ0v) is 21.3. The van der Waals surface area contributed by atoms with Gasteiger partial charge in [-0.2, -0.15) is 0 Å². The van der Waals surface area contributed by atoms with E-state index in [-0.39, 0.29) is 0 Å². The third-order valence-electron chi connectivity index (χ3n) is 7.86. The molecule has 5 heteroatoms. The average molecular weight is 520 g/mol. The van der Waals surface area contributed by atoms with Gasteiger partial charge < -0.3 is 4.42 Å². The quantitative estimate of drug-likeness (QED) is 0.217. The Morgan fingerprint density at radius 1 is 0.538 bits per heavy atom. The van der Waals surface area contributed by atoms with Gasteiger partial charge in [-0.1, -0.05) is 96.5 Å². The summed E-state index contributed by atoms with van der Waals surface area (Å²) in [6.07, 6.45) is 0. The van der Waals surface area contributed by atoms with Crippen LogP contribution in [0.5, 0.6) is 0 Å². The molecule has 39 heavy (non-hydrogen) atoms. The van der Waals surface area contributed by atoms with Gasteiger partial charge in [-0.15, -0.1) is 0 Å². The third kappa shape index (κ3) is 2.73. The summed E-state index contributed by atoms with van der Waals surface area (Å²) in [4.78, 5) is 9.76. The van der Waals surface area contributed by atoms with E-state index in [1.54, 1.807) is 0 Å². The lowest BCUT2D eigenvalue weighted by Gasteiger charge is -2.10. The molecule has 0 aliphatic rings. The number of hydrogen-bond acceptors (Lipinski definition) is 3. The molecule has 0 amide bonds. The van der Waals surface area contributed by atoms with Crippen LogP contribution in [0.15, 0.2) is 114 Å². The van der Waals surface area contributed by atoms with Crippen LogP contribution in [0.25, 0.3) is 82.1 Å². The van der Waals surface area contributed by atoms with Gasteiger partial charge in [0.15, 0.2) is 16.6 Å². The summed E-state index contributed by atoms with van der Waals surface area (Å²) < 4.78 is 9.02. The summed E-state index contributed by atoms with van der Waals surface area (Å²) in [5.41, 5.74) is 5.19. The predicted octanol–water partition coefficient (Wildman–Crippen LogP) is 9.59. The van der Waals surface area contributed by atoms with Crippen LogP contribution in [-0.4, -0.2) is 14.5 Å². The molecule has 0 radical (unpaired) electrons. The monoisotopic (exact) mass is 519 g/mol. The first-order chi connectivity index (χ1) is 19.3. The van der Waals surface area contributed by atoms with E-state index in [0.717, 1.165) is 76.3 Å². The number of aromatic nitrogens is 3. The highest BCUT2D eigenvalue weighted by molar-refractivity contribution is 6.37. The first-order valence-electron chi connectivity index (χ1n) is 12.9. The number of nitrogens with zero attached hydrogens (tertiary/aromatic N) is 3. The fourth-order valence-corrected chi connectivity index (χ4v) is 6.46. The van der Waals surface area contributed by atoms with Gasteiger partial charge in [0.05, 0.1) is 22.1 Å². The highest BCUT2D eigenvalue weighted by Crippen LogP contribution is 2.46. The predicted molar refractivity (Wildman–Crippen MR) is 161 cm³/mol. The fraction of sp³-hybridized carbons (Fsp3) is 0. The van der Waals surface area contributed by atoms with Crippen molar-refractivity contribution in [2.24, 2.45) is 0 Å². The molecule has 0 saturated heterocycles. The fourth-order valence-electron chi connectivity index (χ4n) is 6.24. The average Bonchev–Trinajstić information content (AvgIpc) is 3.54. The standard InChI is InChI=1S/C34H18ClN3O/c35-33-34(37-26-15-7-6-14-25(26)36-33)38-27-16-8-5-13-23(27)28-21-11-3-4-12-22(21)29-24-18-17-19-9-1-2-10-20(19)31(24)39-32(29)30(28)38/h1-18H. The molecule has 6 aromatic carbocycles. The van der Waals surface area contributed by atoms with Gasteiger partial charge in [-0.05, 0) is 40.4 Å². The largest absolute Gasteiger partial charge is 0.453 e. The van der Waals surface area contributed by atoms with E-state index < -0.39 is 0 Å². The Morgan fingerprint density at radius 3 is 2.00 bits per heavy atom. The van der Waals surface area contributed by atoms with Crippen LogP contribution in [0.2, 0.25) is 5.15 Å². The van der Waals surface area contributed by atoms with Crippen LogP contribution >= 0.6 is 11.6 Å². The van der Waals surface area contributed by atoms with Crippen molar-refractivity contribution in [1.82, 2.24) is 14.5 Å². The van der Waals surface area contributed by atoms with Crippen molar-refractivity contribution in [2.75, 3.05) is 0 Å². The second kappa shape index (κ2) is 7.56. The van der Waals surface area contributed by atoms with Crippen molar-refractivity contribution in [3.63, 3.8) is 0 Å². The summed E-state index contributed by atoms with van der Waals surface area (Å²) in [6.45, 7) is 0. The van der Waals surface area contributed by atoms with Gasteiger partial charge in [-0.25, -0.2) is 9.97 Å². The number of benzene rings is 6. The van der Waals surface area contributed by atoms with Gasteiger partial charge >= 0.3 is 0 Å². The maximum atomic E-state index is 6.90. The second-order valence-corrected chi connectivity index (χ2v) is 10.3. The van der Waals surface area contributed by atoms with Crippen LogP contribution in [0.3, 0.4) is 0 Å². The Hall–Kier alpha value is -4.93. The van der Waals surface area contributed by atoms with Crippen molar-refractivity contribution in [3.05, 3.63) is 114 Å². The van der Waals surface area contributed by atoms with E-state index in [1.165, 1.54) is 0 Å². The Bertz CT molecular complexity index is 2470. The minimum absolute atomic E-state index is 0.347. The minimum atomic E-state index is 0.347. The van der Waals surface area contributed by atoms with Gasteiger partial charge in [-0.3, -0.25) is 4.57 Å². The summed E-state index contributed by atoms with van der Waals surface area (Å²) in [5.74, 6) is 0.587. The van der Waals surface area contributed by atoms with Crippen molar-refractivity contribution in [2.45, 2.75) is 0 Å². The molecule has 182 valence electrons. The Kier molecular flexibility index (Phi) is 4.08. The lowest BCUT2D eigenvalue weighted by molar-refractivity contribution is 0.675. The van der Waals surface area contributed by atoms with E-state index in [1.807, 2.05) is 30.3 Å². The third-order valence-corrected chi connectivity index (χ3v) is 8.11. The van der Waals surface area contributed by atoms with E-state index in [9.17, 15) is 0 Å². The molecule has 3 heterocycles. The molecule has 9 rings (SSSR count). The lowest BCUT2D eigenvalue weighted by Crippen LogP contribution is -2.01. The summed E-state index contributed by atoms with van der Waals surface area (Å²) in [5, 5.41) is 9.32. The van der Waals surface area contributed by atoms with E-state index in [4.69, 9.17) is 26.0 Å². The first-order valence-corrected chi connectivity index (χ1v) is 13.3. The van der Waals surface area contributed by atoms with Crippen molar-refractivity contribution in [1.29, 1.82) is 0 Å². The van der Waals surface area contributed by atoms with Crippen molar-refractivity contribution >= 4 is 87.9 Å². The highest BCUT2D eigenvalue weighted by Gasteiger charge is 2.25. The molecule has 0 bridgehead atoms. The molecule has 4 nitrogen and oxygen atoms in total. The maximum absolute atomic E-state index is 6.90.